The Balaban J connectivity index is 2.27. The van der Waals surface area contributed by atoms with E-state index in [9.17, 15) is 13.2 Å². The molecule has 0 aliphatic carbocycles. The Bertz CT molecular complexity index is 596. The third-order valence-corrected chi connectivity index (χ3v) is 5.05. The van der Waals surface area contributed by atoms with Crippen LogP contribution in [0.2, 0.25) is 0 Å². The summed E-state index contributed by atoms with van der Waals surface area (Å²) in [6, 6.07) is 5.28. The van der Waals surface area contributed by atoms with Crippen LogP contribution in [-0.4, -0.2) is 38.8 Å². The highest BCUT2D eigenvalue weighted by Crippen LogP contribution is 2.23. The van der Waals surface area contributed by atoms with Crippen molar-refractivity contribution in [1.82, 2.24) is 0 Å². The average molecular weight is 282 g/mol. The Morgan fingerprint density at radius 1 is 1.26 bits per heavy atom. The van der Waals surface area contributed by atoms with Crippen LogP contribution in [0.3, 0.4) is 0 Å². The molecule has 0 unspecified atom stereocenters. The van der Waals surface area contributed by atoms with Crippen LogP contribution in [0.25, 0.3) is 0 Å². The minimum absolute atomic E-state index is 0.0817. The van der Waals surface area contributed by atoms with Gasteiger partial charge in [-0.2, -0.15) is 0 Å². The molecule has 1 aromatic carbocycles. The molecular formula is C13H18N2O3S. The summed E-state index contributed by atoms with van der Waals surface area (Å²) >= 11 is 0. The van der Waals surface area contributed by atoms with Gasteiger partial charge in [-0.05, 0) is 31.5 Å². The molecule has 0 saturated carbocycles. The summed E-state index contributed by atoms with van der Waals surface area (Å²) in [6.45, 7) is 2.62. The van der Waals surface area contributed by atoms with E-state index >= 15 is 0 Å². The monoisotopic (exact) mass is 282 g/mol. The summed E-state index contributed by atoms with van der Waals surface area (Å²) in [4.78, 5) is 13.5. The molecule has 1 aliphatic heterocycles. The predicted octanol–water partition coefficient (Wildman–Crippen LogP) is 1.10. The number of hydrogen-bond donors (Lipinski definition) is 1. The number of ketones is 1. The van der Waals surface area contributed by atoms with Crippen molar-refractivity contribution < 1.29 is 13.2 Å². The Hall–Kier alpha value is -1.56. The Kier molecular flexibility index (Phi) is 3.80. The van der Waals surface area contributed by atoms with E-state index < -0.39 is 9.84 Å². The standard InChI is InChI=1S/C13H18N2O3S/c1-10(16)12-9-11(3-4-13(12)14)15-5-2-7-19(17,18)8-6-15/h3-4,9H,2,5-8,14H2,1H3. The highest BCUT2D eigenvalue weighted by Gasteiger charge is 2.20. The number of nitrogen functional groups attached to an aromatic ring is 1. The molecule has 2 rings (SSSR count). The van der Waals surface area contributed by atoms with Gasteiger partial charge in [0.25, 0.3) is 0 Å². The summed E-state index contributed by atoms with van der Waals surface area (Å²) in [6.07, 6.45) is 0.613. The maximum absolute atomic E-state index is 11.6. The highest BCUT2D eigenvalue weighted by atomic mass is 32.2. The molecule has 1 aromatic rings. The Morgan fingerprint density at radius 2 is 2.00 bits per heavy atom. The SMILES string of the molecule is CC(=O)c1cc(N2CCCS(=O)(=O)CC2)ccc1N. The highest BCUT2D eigenvalue weighted by molar-refractivity contribution is 7.91. The summed E-state index contributed by atoms with van der Waals surface area (Å²) in [5.74, 6) is 0.312. The number of rotatable bonds is 2. The minimum atomic E-state index is -2.93. The van der Waals surface area contributed by atoms with Gasteiger partial charge in [0.1, 0.15) is 0 Å². The molecular weight excluding hydrogens is 264 g/mol. The molecule has 0 aromatic heterocycles. The van der Waals surface area contributed by atoms with Crippen LogP contribution in [0.1, 0.15) is 23.7 Å². The van der Waals surface area contributed by atoms with Crippen molar-refractivity contribution in [3.05, 3.63) is 23.8 Å². The fourth-order valence-corrected chi connectivity index (χ4v) is 3.51. The van der Waals surface area contributed by atoms with E-state index in [0.29, 0.717) is 30.8 Å². The number of benzene rings is 1. The predicted molar refractivity (Wildman–Crippen MR) is 76.3 cm³/mol. The molecule has 1 fully saturated rings. The van der Waals surface area contributed by atoms with E-state index in [1.165, 1.54) is 6.92 Å². The number of nitrogens with two attached hydrogens (primary N) is 1. The van der Waals surface area contributed by atoms with Crippen molar-refractivity contribution in [2.24, 2.45) is 0 Å². The molecule has 0 spiro atoms. The van der Waals surface area contributed by atoms with Crippen LogP contribution < -0.4 is 10.6 Å². The molecule has 0 bridgehead atoms. The second-order valence-corrected chi connectivity index (χ2v) is 7.12. The van der Waals surface area contributed by atoms with Gasteiger partial charge in [0, 0.05) is 30.0 Å². The van der Waals surface area contributed by atoms with Gasteiger partial charge in [-0.3, -0.25) is 4.79 Å². The number of sulfone groups is 1. The molecule has 104 valence electrons. The van der Waals surface area contributed by atoms with Crippen LogP contribution in [-0.2, 0) is 9.84 Å². The van der Waals surface area contributed by atoms with E-state index in [1.54, 1.807) is 12.1 Å². The molecule has 6 heteroatoms. The first-order chi connectivity index (χ1) is 8.89. The molecule has 19 heavy (non-hydrogen) atoms. The smallest absolute Gasteiger partial charge is 0.161 e. The first-order valence-corrected chi connectivity index (χ1v) is 8.07. The summed E-state index contributed by atoms with van der Waals surface area (Å²) in [5.41, 5.74) is 7.56. The number of hydrogen-bond acceptors (Lipinski definition) is 5. The lowest BCUT2D eigenvalue weighted by Gasteiger charge is -2.22. The van der Waals surface area contributed by atoms with Gasteiger partial charge in [0.15, 0.2) is 15.6 Å². The summed E-state index contributed by atoms with van der Waals surface area (Å²) in [5, 5.41) is 0. The van der Waals surface area contributed by atoms with Gasteiger partial charge in [0.2, 0.25) is 0 Å². The molecule has 0 amide bonds. The van der Waals surface area contributed by atoms with E-state index in [-0.39, 0.29) is 17.3 Å². The zero-order chi connectivity index (χ0) is 14.0. The first kappa shape index (κ1) is 13.9. The van der Waals surface area contributed by atoms with Crippen LogP contribution in [0.5, 0.6) is 0 Å². The van der Waals surface area contributed by atoms with Gasteiger partial charge < -0.3 is 10.6 Å². The molecule has 2 N–H and O–H groups in total. The van der Waals surface area contributed by atoms with E-state index in [0.717, 1.165) is 5.69 Å². The molecule has 1 aliphatic rings. The van der Waals surface area contributed by atoms with Crippen molar-refractivity contribution in [1.29, 1.82) is 0 Å². The fourth-order valence-electron chi connectivity index (χ4n) is 2.24. The van der Waals surface area contributed by atoms with Gasteiger partial charge >= 0.3 is 0 Å². The first-order valence-electron chi connectivity index (χ1n) is 6.25. The second-order valence-electron chi connectivity index (χ2n) is 4.82. The average Bonchev–Trinajstić information content (AvgIpc) is 2.51. The number of carbonyl (C=O) groups is 1. The van der Waals surface area contributed by atoms with Gasteiger partial charge in [0.05, 0.1) is 11.5 Å². The van der Waals surface area contributed by atoms with Crippen molar-refractivity contribution in [3.8, 4) is 0 Å². The second kappa shape index (κ2) is 5.21. The van der Waals surface area contributed by atoms with Crippen molar-refractivity contribution in [2.75, 3.05) is 35.2 Å². The van der Waals surface area contributed by atoms with Crippen LogP contribution in [0.4, 0.5) is 11.4 Å². The number of Topliss-reactive ketones (excluding diaryl/α,β-unsaturated/α-hetero) is 1. The number of carbonyl (C=O) groups excluding carboxylic acids is 1. The summed E-state index contributed by atoms with van der Waals surface area (Å²) < 4.78 is 23.2. The lowest BCUT2D eigenvalue weighted by Crippen LogP contribution is -2.26. The Morgan fingerprint density at radius 3 is 2.68 bits per heavy atom. The van der Waals surface area contributed by atoms with Crippen LogP contribution in [0, 0.1) is 0 Å². The maximum Gasteiger partial charge on any atom is 0.161 e. The molecule has 0 radical (unpaired) electrons. The van der Waals surface area contributed by atoms with E-state index in [4.69, 9.17) is 5.73 Å². The molecule has 5 nitrogen and oxygen atoms in total. The van der Waals surface area contributed by atoms with Crippen molar-refractivity contribution >= 4 is 27.0 Å². The third kappa shape index (κ3) is 3.26. The van der Waals surface area contributed by atoms with Gasteiger partial charge in [-0.25, -0.2) is 8.42 Å². The third-order valence-electron chi connectivity index (χ3n) is 3.34. The Labute approximate surface area is 113 Å². The van der Waals surface area contributed by atoms with Gasteiger partial charge in [-0.1, -0.05) is 0 Å². The number of anilines is 2. The van der Waals surface area contributed by atoms with Crippen LogP contribution in [0.15, 0.2) is 18.2 Å². The van der Waals surface area contributed by atoms with E-state index in [1.807, 2.05) is 11.0 Å². The van der Waals surface area contributed by atoms with Crippen LogP contribution >= 0.6 is 0 Å². The molecule has 1 heterocycles. The lowest BCUT2D eigenvalue weighted by atomic mass is 10.1. The summed E-state index contributed by atoms with van der Waals surface area (Å²) in [7, 11) is -2.93. The van der Waals surface area contributed by atoms with Crippen molar-refractivity contribution in [2.45, 2.75) is 13.3 Å². The quantitative estimate of drug-likeness (QED) is 0.649. The zero-order valence-corrected chi connectivity index (χ0v) is 11.7. The molecule has 1 saturated heterocycles. The normalized spacial score (nSPS) is 18.9. The topological polar surface area (TPSA) is 80.5 Å². The maximum atomic E-state index is 11.6. The van der Waals surface area contributed by atoms with Gasteiger partial charge in [-0.15, -0.1) is 0 Å². The largest absolute Gasteiger partial charge is 0.398 e. The minimum Gasteiger partial charge on any atom is -0.398 e. The molecule has 0 atom stereocenters. The number of nitrogens with zero attached hydrogens (tertiary/aromatic N) is 1. The van der Waals surface area contributed by atoms with Crippen molar-refractivity contribution in [3.63, 3.8) is 0 Å². The lowest BCUT2D eigenvalue weighted by molar-refractivity contribution is 0.101. The van der Waals surface area contributed by atoms with E-state index in [2.05, 4.69) is 0 Å². The zero-order valence-electron chi connectivity index (χ0n) is 10.9. The fraction of sp³-hybridized carbons (Fsp3) is 0.462.